The topological polar surface area (TPSA) is 158 Å². The van der Waals surface area contributed by atoms with Gasteiger partial charge in [-0.05, 0) is 39.1 Å². The summed E-state index contributed by atoms with van der Waals surface area (Å²) in [4.78, 5) is 38.0. The first kappa shape index (κ1) is 30.5. The molecule has 0 amide bonds. The first-order valence-corrected chi connectivity index (χ1v) is 14.1. The van der Waals surface area contributed by atoms with Gasteiger partial charge in [-0.1, -0.05) is 36.4 Å². The Morgan fingerprint density at radius 3 is 2.54 bits per heavy atom. The van der Waals surface area contributed by atoms with Crippen molar-refractivity contribution >= 4 is 24.5 Å². The number of H-pyrrole nitrogens is 1. The number of aliphatic hydroxyl groups is 1. The van der Waals surface area contributed by atoms with E-state index in [4.69, 9.17) is 18.5 Å². The third-order valence-corrected chi connectivity index (χ3v) is 7.90. The van der Waals surface area contributed by atoms with Crippen molar-refractivity contribution in [2.45, 2.75) is 63.7 Å². The molecule has 0 saturated carbocycles. The molecule has 12 nitrogen and oxygen atoms in total. The van der Waals surface area contributed by atoms with E-state index in [-0.39, 0.29) is 5.75 Å². The molecule has 2 aromatic carbocycles. The maximum atomic E-state index is 16.0. The molecular formula is C26H30F2N3O9P. The number of esters is 1. The number of ether oxygens (including phenoxy) is 2. The summed E-state index contributed by atoms with van der Waals surface area (Å²) in [5.74, 6) is -4.12. The average molecular weight is 598 g/mol. The van der Waals surface area contributed by atoms with E-state index in [0.29, 0.717) is 15.3 Å². The van der Waals surface area contributed by atoms with Gasteiger partial charge in [0.1, 0.15) is 18.4 Å². The molecular weight excluding hydrogens is 567 g/mol. The molecule has 222 valence electrons. The Bertz CT molecular complexity index is 1590. The normalized spacial score (nSPS) is 26.5. The number of halogens is 2. The third kappa shape index (κ3) is 6.41. The summed E-state index contributed by atoms with van der Waals surface area (Å²) >= 11 is 0. The van der Waals surface area contributed by atoms with Crippen molar-refractivity contribution in [3.05, 3.63) is 75.6 Å². The molecule has 2 heterocycles. The van der Waals surface area contributed by atoms with Gasteiger partial charge in [-0.25, -0.2) is 18.1 Å². The van der Waals surface area contributed by atoms with Crippen LogP contribution < -0.4 is 20.9 Å². The number of rotatable bonds is 10. The lowest BCUT2D eigenvalue weighted by atomic mass is 9.97. The smallest absolute Gasteiger partial charge is 0.459 e. The molecule has 1 fully saturated rings. The molecule has 0 bridgehead atoms. The summed E-state index contributed by atoms with van der Waals surface area (Å²) < 4.78 is 67.5. The van der Waals surface area contributed by atoms with Gasteiger partial charge in [-0.2, -0.15) is 5.09 Å². The Kier molecular flexibility index (Phi) is 8.53. The highest BCUT2D eigenvalue weighted by Gasteiger charge is 2.65. The van der Waals surface area contributed by atoms with Crippen LogP contribution in [0.5, 0.6) is 5.75 Å². The largest absolute Gasteiger partial charge is 0.462 e. The molecule has 0 radical (unpaired) electrons. The van der Waals surface area contributed by atoms with Gasteiger partial charge in [-0.15, -0.1) is 0 Å². The van der Waals surface area contributed by atoms with Gasteiger partial charge in [-0.3, -0.25) is 23.7 Å². The standard InChI is InChI=1S/C26H30F2N3O9P/c1-15(2)38-21(33)16(3)30-41(36,40-19-11-7-9-17-8-5-6-10-18(17)19)37-14-26(28)22(34)25(4,27)23(39-26)31-13-12-20(32)29-24(31)35/h5-13,15-16,22-23,34H,14H2,1-4H3,(H,30,36)(H,29,32,35)/t16?,22-,23+,25+,26+,41?/m0/s1. The van der Waals surface area contributed by atoms with Crippen molar-refractivity contribution in [1.82, 2.24) is 14.6 Å². The molecule has 1 saturated heterocycles. The van der Waals surface area contributed by atoms with Gasteiger partial charge in [0.2, 0.25) is 0 Å². The highest BCUT2D eigenvalue weighted by molar-refractivity contribution is 7.52. The second kappa shape index (κ2) is 11.5. The monoisotopic (exact) mass is 597 g/mol. The Labute approximate surface area is 232 Å². The number of nitrogens with zero attached hydrogens (tertiary/aromatic N) is 1. The summed E-state index contributed by atoms with van der Waals surface area (Å²) in [5, 5.41) is 14.2. The van der Waals surface area contributed by atoms with Crippen molar-refractivity contribution in [3.8, 4) is 5.75 Å². The van der Waals surface area contributed by atoms with Crippen LogP contribution in [-0.2, 0) is 23.4 Å². The van der Waals surface area contributed by atoms with Crippen LogP contribution >= 0.6 is 7.75 Å². The fraction of sp³-hybridized carbons (Fsp3) is 0.423. The predicted molar refractivity (Wildman–Crippen MR) is 143 cm³/mol. The van der Waals surface area contributed by atoms with Crippen molar-refractivity contribution in [3.63, 3.8) is 0 Å². The van der Waals surface area contributed by atoms with Gasteiger partial charge in [0.25, 0.3) is 11.4 Å². The highest BCUT2D eigenvalue weighted by Crippen LogP contribution is 2.52. The number of aliphatic hydroxyl groups excluding tert-OH is 1. The summed E-state index contributed by atoms with van der Waals surface area (Å²) in [5.41, 5.74) is -4.82. The molecule has 6 atom stereocenters. The van der Waals surface area contributed by atoms with E-state index in [1.54, 1.807) is 50.2 Å². The van der Waals surface area contributed by atoms with E-state index in [9.17, 15) is 24.1 Å². The first-order chi connectivity index (χ1) is 19.1. The molecule has 1 aliphatic heterocycles. The van der Waals surface area contributed by atoms with E-state index in [2.05, 4.69) is 5.09 Å². The fourth-order valence-corrected chi connectivity index (χ4v) is 5.79. The Balaban J connectivity index is 1.64. The number of aromatic amines is 1. The van der Waals surface area contributed by atoms with Gasteiger partial charge in [0.05, 0.1) is 6.10 Å². The van der Waals surface area contributed by atoms with Crippen molar-refractivity contribution in [1.29, 1.82) is 0 Å². The molecule has 0 spiro atoms. The van der Waals surface area contributed by atoms with E-state index < -0.39 is 67.6 Å². The fourth-order valence-electron chi connectivity index (χ4n) is 4.27. The number of hydrogen-bond donors (Lipinski definition) is 3. The van der Waals surface area contributed by atoms with Crippen LogP contribution in [0.3, 0.4) is 0 Å². The van der Waals surface area contributed by atoms with Gasteiger partial charge in [0.15, 0.2) is 18.0 Å². The summed E-state index contributed by atoms with van der Waals surface area (Å²) in [7, 11) is -4.69. The second-order valence-electron chi connectivity index (χ2n) is 10.0. The van der Waals surface area contributed by atoms with Crippen LogP contribution in [0.4, 0.5) is 8.78 Å². The van der Waals surface area contributed by atoms with Gasteiger partial charge < -0.3 is 19.1 Å². The number of alkyl halides is 2. The summed E-state index contributed by atoms with van der Waals surface area (Å²) in [6.45, 7) is 3.96. The lowest BCUT2D eigenvalue weighted by Gasteiger charge is -2.28. The minimum Gasteiger partial charge on any atom is -0.462 e. The highest BCUT2D eigenvalue weighted by atomic mass is 31.2. The number of fused-ring (bicyclic) bond motifs is 1. The molecule has 2 unspecified atom stereocenters. The zero-order valence-electron chi connectivity index (χ0n) is 22.6. The second-order valence-corrected chi connectivity index (χ2v) is 11.7. The SMILES string of the molecule is CC(C)OC(=O)C(C)NP(=O)(OC[C@@]1(F)O[C@@H](n2ccc(=O)[nH]c2=O)[C@](C)(F)[C@@H]1O)Oc1cccc2ccccc12. The molecule has 1 aromatic heterocycles. The average Bonchev–Trinajstić information content (AvgIpc) is 3.07. The van der Waals surface area contributed by atoms with Gasteiger partial charge in [0, 0.05) is 17.6 Å². The minimum atomic E-state index is -4.69. The van der Waals surface area contributed by atoms with Crippen LogP contribution in [0, 0.1) is 0 Å². The van der Waals surface area contributed by atoms with Gasteiger partial charge >= 0.3 is 19.4 Å². The number of nitrogens with one attached hydrogen (secondary N) is 2. The van der Waals surface area contributed by atoms with Crippen LogP contribution in [0.15, 0.2) is 64.3 Å². The molecule has 1 aliphatic rings. The van der Waals surface area contributed by atoms with Crippen molar-refractivity contribution in [2.75, 3.05) is 6.61 Å². The molecule has 3 aromatic rings. The number of carbonyl (C=O) groups excluding carboxylic acids is 1. The number of aromatic nitrogens is 2. The van der Waals surface area contributed by atoms with Crippen LogP contribution in [0.1, 0.15) is 33.9 Å². The summed E-state index contributed by atoms with van der Waals surface area (Å²) in [6.07, 6.45) is -4.21. The summed E-state index contributed by atoms with van der Waals surface area (Å²) in [6, 6.07) is 11.4. The molecule has 4 rings (SSSR count). The molecule has 41 heavy (non-hydrogen) atoms. The maximum absolute atomic E-state index is 16.0. The number of benzene rings is 2. The molecule has 0 aliphatic carbocycles. The Morgan fingerprint density at radius 1 is 1.17 bits per heavy atom. The minimum absolute atomic E-state index is 0.0529. The lowest BCUT2D eigenvalue weighted by molar-refractivity contribution is -0.204. The van der Waals surface area contributed by atoms with E-state index in [1.807, 2.05) is 4.98 Å². The van der Waals surface area contributed by atoms with Crippen LogP contribution in [0.25, 0.3) is 10.8 Å². The van der Waals surface area contributed by atoms with E-state index >= 15 is 8.78 Å². The van der Waals surface area contributed by atoms with Crippen LogP contribution in [-0.4, -0.2) is 57.0 Å². The predicted octanol–water partition coefficient (Wildman–Crippen LogP) is 3.11. The Morgan fingerprint density at radius 2 is 1.85 bits per heavy atom. The van der Waals surface area contributed by atoms with E-state index in [1.165, 1.54) is 13.0 Å². The van der Waals surface area contributed by atoms with Crippen LogP contribution in [0.2, 0.25) is 0 Å². The zero-order valence-corrected chi connectivity index (χ0v) is 23.5. The number of hydrogen-bond acceptors (Lipinski definition) is 9. The quantitative estimate of drug-likeness (QED) is 0.234. The third-order valence-electron chi connectivity index (χ3n) is 6.29. The Hall–Kier alpha value is -3.42. The lowest BCUT2D eigenvalue weighted by Crippen LogP contribution is -2.47. The van der Waals surface area contributed by atoms with Crippen molar-refractivity contribution < 1.29 is 41.8 Å². The molecule has 3 N–H and O–H groups in total. The van der Waals surface area contributed by atoms with Crippen molar-refractivity contribution in [2.24, 2.45) is 0 Å². The first-order valence-electron chi connectivity index (χ1n) is 12.6. The molecule has 15 heteroatoms. The van der Waals surface area contributed by atoms with E-state index in [0.717, 1.165) is 19.2 Å². The zero-order chi connectivity index (χ0) is 30.2. The maximum Gasteiger partial charge on any atom is 0.459 e. The number of carbonyl (C=O) groups is 1.